The van der Waals surface area contributed by atoms with Crippen LogP contribution in [0.25, 0.3) is 0 Å². The lowest BCUT2D eigenvalue weighted by Crippen LogP contribution is -2.46. The second-order valence-corrected chi connectivity index (χ2v) is 6.40. The van der Waals surface area contributed by atoms with Crippen LogP contribution in [0.1, 0.15) is 32.1 Å². The Labute approximate surface area is 122 Å². The first-order valence-electron chi connectivity index (χ1n) is 8.01. The Bertz CT molecular complexity index is 303. The molecule has 20 heavy (non-hydrogen) atoms. The zero-order valence-electron chi connectivity index (χ0n) is 12.7. The quantitative estimate of drug-likeness (QED) is 0.813. The number of hydrogen-bond donors (Lipinski definition) is 2. The largest absolute Gasteiger partial charge is 0.396 e. The van der Waals surface area contributed by atoms with Crippen molar-refractivity contribution < 1.29 is 9.90 Å². The van der Waals surface area contributed by atoms with Crippen LogP contribution in [0.4, 0.5) is 4.79 Å². The van der Waals surface area contributed by atoms with Crippen molar-refractivity contribution in [1.82, 2.24) is 15.1 Å². The summed E-state index contributed by atoms with van der Waals surface area (Å²) in [5.41, 5.74) is 0. The van der Waals surface area contributed by atoms with E-state index in [0.717, 1.165) is 38.3 Å². The summed E-state index contributed by atoms with van der Waals surface area (Å²) in [6.45, 7) is 4.88. The number of rotatable bonds is 4. The molecule has 2 saturated heterocycles. The van der Waals surface area contributed by atoms with E-state index in [2.05, 4.69) is 17.3 Å². The molecule has 0 aromatic heterocycles. The molecule has 2 rings (SSSR count). The SMILES string of the molecule is CN1CCC(CCNC(=O)N2CCCC(CO)C2)CC1. The van der Waals surface area contributed by atoms with E-state index in [-0.39, 0.29) is 18.6 Å². The fraction of sp³-hybridized carbons (Fsp3) is 0.933. The van der Waals surface area contributed by atoms with Gasteiger partial charge < -0.3 is 20.2 Å². The van der Waals surface area contributed by atoms with E-state index < -0.39 is 0 Å². The fourth-order valence-corrected chi connectivity index (χ4v) is 3.24. The minimum atomic E-state index is 0.0519. The van der Waals surface area contributed by atoms with Crippen molar-refractivity contribution in [3.8, 4) is 0 Å². The topological polar surface area (TPSA) is 55.8 Å². The predicted molar refractivity (Wildman–Crippen MR) is 79.6 cm³/mol. The molecular formula is C15H29N3O2. The molecule has 5 nitrogen and oxygen atoms in total. The summed E-state index contributed by atoms with van der Waals surface area (Å²) < 4.78 is 0. The number of hydrogen-bond acceptors (Lipinski definition) is 3. The average Bonchev–Trinajstić information content (AvgIpc) is 2.49. The highest BCUT2D eigenvalue weighted by atomic mass is 16.3. The number of nitrogens with one attached hydrogen (secondary N) is 1. The summed E-state index contributed by atoms with van der Waals surface area (Å²) >= 11 is 0. The summed E-state index contributed by atoms with van der Waals surface area (Å²) in [6.07, 6.45) is 5.64. The second-order valence-electron chi connectivity index (χ2n) is 6.40. The first kappa shape index (κ1) is 15.6. The molecule has 116 valence electrons. The summed E-state index contributed by atoms with van der Waals surface area (Å²) in [7, 11) is 2.17. The van der Waals surface area contributed by atoms with Crippen LogP contribution < -0.4 is 5.32 Å². The van der Waals surface area contributed by atoms with Crippen LogP contribution in [-0.2, 0) is 0 Å². The van der Waals surface area contributed by atoms with Crippen molar-refractivity contribution in [1.29, 1.82) is 0 Å². The molecular weight excluding hydrogens is 254 g/mol. The van der Waals surface area contributed by atoms with Gasteiger partial charge in [-0.15, -0.1) is 0 Å². The molecule has 2 heterocycles. The van der Waals surface area contributed by atoms with Crippen LogP contribution in [-0.4, -0.2) is 67.3 Å². The molecule has 2 fully saturated rings. The zero-order chi connectivity index (χ0) is 14.4. The molecule has 0 aromatic rings. The molecule has 2 amide bonds. The third-order valence-corrected chi connectivity index (χ3v) is 4.73. The standard InChI is InChI=1S/C15H29N3O2/c1-17-9-5-13(6-10-17)4-7-16-15(20)18-8-2-3-14(11-18)12-19/h13-14,19H,2-12H2,1H3,(H,16,20). The van der Waals surface area contributed by atoms with Crippen molar-refractivity contribution in [2.75, 3.05) is 46.4 Å². The minimum absolute atomic E-state index is 0.0519. The predicted octanol–water partition coefficient (Wildman–Crippen LogP) is 1.13. The summed E-state index contributed by atoms with van der Waals surface area (Å²) in [5, 5.41) is 12.2. The van der Waals surface area contributed by atoms with E-state index >= 15 is 0 Å². The molecule has 0 saturated carbocycles. The molecule has 1 atom stereocenters. The second kappa shape index (κ2) is 7.84. The van der Waals surface area contributed by atoms with E-state index in [1.54, 1.807) is 0 Å². The van der Waals surface area contributed by atoms with Gasteiger partial charge in [-0.2, -0.15) is 0 Å². The summed E-state index contributed by atoms with van der Waals surface area (Å²) in [5.74, 6) is 1.03. The Morgan fingerprint density at radius 3 is 2.65 bits per heavy atom. The fourth-order valence-electron chi connectivity index (χ4n) is 3.24. The Balaban J connectivity index is 1.62. The van der Waals surface area contributed by atoms with Crippen molar-refractivity contribution in [2.24, 2.45) is 11.8 Å². The summed E-state index contributed by atoms with van der Waals surface area (Å²) in [4.78, 5) is 16.3. The number of carbonyl (C=O) groups is 1. The van der Waals surface area contributed by atoms with Gasteiger partial charge in [0, 0.05) is 26.2 Å². The number of aliphatic hydroxyl groups excluding tert-OH is 1. The minimum Gasteiger partial charge on any atom is -0.396 e. The number of carbonyl (C=O) groups excluding carboxylic acids is 1. The van der Waals surface area contributed by atoms with E-state index in [0.29, 0.717) is 6.54 Å². The molecule has 2 aliphatic rings. The zero-order valence-corrected chi connectivity index (χ0v) is 12.7. The third-order valence-electron chi connectivity index (χ3n) is 4.73. The number of likely N-dealkylation sites (tertiary alicyclic amines) is 2. The van der Waals surface area contributed by atoms with Gasteiger partial charge in [-0.3, -0.25) is 0 Å². The van der Waals surface area contributed by atoms with Crippen molar-refractivity contribution in [3.05, 3.63) is 0 Å². The van der Waals surface area contributed by atoms with Crippen LogP contribution >= 0.6 is 0 Å². The molecule has 0 bridgehead atoms. The van der Waals surface area contributed by atoms with Gasteiger partial charge in [0.05, 0.1) is 0 Å². The molecule has 0 aliphatic carbocycles. The molecule has 2 aliphatic heterocycles. The average molecular weight is 283 g/mol. The van der Waals surface area contributed by atoms with Gasteiger partial charge >= 0.3 is 6.03 Å². The van der Waals surface area contributed by atoms with Crippen molar-refractivity contribution in [3.63, 3.8) is 0 Å². The van der Waals surface area contributed by atoms with Gasteiger partial charge in [0.2, 0.25) is 0 Å². The van der Waals surface area contributed by atoms with E-state index in [9.17, 15) is 9.90 Å². The lowest BCUT2D eigenvalue weighted by Gasteiger charge is -2.32. The van der Waals surface area contributed by atoms with Crippen molar-refractivity contribution >= 4 is 6.03 Å². The highest BCUT2D eigenvalue weighted by Crippen LogP contribution is 2.19. The number of amides is 2. The molecule has 0 spiro atoms. The van der Waals surface area contributed by atoms with Gasteiger partial charge in [0.25, 0.3) is 0 Å². The number of aliphatic hydroxyl groups is 1. The molecule has 1 unspecified atom stereocenters. The van der Waals surface area contributed by atoms with Crippen molar-refractivity contribution in [2.45, 2.75) is 32.1 Å². The Morgan fingerprint density at radius 2 is 1.95 bits per heavy atom. The Kier molecular flexibility index (Phi) is 6.10. The highest BCUT2D eigenvalue weighted by molar-refractivity contribution is 5.74. The van der Waals surface area contributed by atoms with E-state index in [1.165, 1.54) is 25.9 Å². The smallest absolute Gasteiger partial charge is 0.317 e. The maximum absolute atomic E-state index is 12.1. The van der Waals surface area contributed by atoms with Crippen LogP contribution in [0.5, 0.6) is 0 Å². The van der Waals surface area contributed by atoms with Gasteiger partial charge in [-0.05, 0) is 64.1 Å². The number of piperidine rings is 2. The van der Waals surface area contributed by atoms with Crippen LogP contribution in [0.15, 0.2) is 0 Å². The first-order chi connectivity index (χ1) is 9.69. The van der Waals surface area contributed by atoms with E-state index in [1.807, 2.05) is 4.90 Å². The highest BCUT2D eigenvalue weighted by Gasteiger charge is 2.23. The lowest BCUT2D eigenvalue weighted by atomic mass is 9.94. The molecule has 2 N–H and O–H groups in total. The van der Waals surface area contributed by atoms with E-state index in [4.69, 9.17) is 0 Å². The maximum Gasteiger partial charge on any atom is 0.317 e. The van der Waals surface area contributed by atoms with Gasteiger partial charge in [0.15, 0.2) is 0 Å². The molecule has 0 radical (unpaired) electrons. The molecule has 0 aromatic carbocycles. The van der Waals surface area contributed by atoms with Crippen LogP contribution in [0.2, 0.25) is 0 Å². The van der Waals surface area contributed by atoms with Gasteiger partial charge in [-0.25, -0.2) is 4.79 Å². The number of nitrogens with zero attached hydrogens (tertiary/aromatic N) is 2. The van der Waals surface area contributed by atoms with Gasteiger partial charge in [0.1, 0.15) is 0 Å². The third kappa shape index (κ3) is 4.63. The summed E-state index contributed by atoms with van der Waals surface area (Å²) in [6, 6.07) is 0.0519. The Hall–Kier alpha value is -0.810. The normalized spacial score (nSPS) is 25.7. The first-order valence-corrected chi connectivity index (χ1v) is 8.01. The number of urea groups is 1. The monoisotopic (exact) mass is 283 g/mol. The van der Waals surface area contributed by atoms with Crippen LogP contribution in [0.3, 0.4) is 0 Å². The van der Waals surface area contributed by atoms with Gasteiger partial charge in [-0.1, -0.05) is 0 Å². The molecule has 5 heteroatoms. The maximum atomic E-state index is 12.1. The lowest BCUT2D eigenvalue weighted by molar-refractivity contribution is 0.129. The Morgan fingerprint density at radius 1 is 1.20 bits per heavy atom. The van der Waals surface area contributed by atoms with Crippen LogP contribution in [0, 0.1) is 11.8 Å².